The number of unbranched alkanes of at least 4 members (excludes halogenated alkanes) is 2. The van der Waals surface area contributed by atoms with Gasteiger partial charge in [0, 0.05) is 13.1 Å². The van der Waals surface area contributed by atoms with Crippen LogP contribution in [0.3, 0.4) is 0 Å². The van der Waals surface area contributed by atoms with Gasteiger partial charge in [-0.25, -0.2) is 0 Å². The Hall–Kier alpha value is -1.67. The molecule has 0 saturated carbocycles. The lowest BCUT2D eigenvalue weighted by Crippen LogP contribution is -2.59. The zero-order valence-electron chi connectivity index (χ0n) is 20.3. The number of hydrogen-bond donors (Lipinski definition) is 3. The van der Waals surface area contributed by atoms with Crippen molar-refractivity contribution in [1.82, 2.24) is 15.5 Å². The Morgan fingerprint density at radius 1 is 1.12 bits per heavy atom. The van der Waals surface area contributed by atoms with Crippen LogP contribution in [0.2, 0.25) is 0 Å². The average molecular weight is 452 g/mol. The van der Waals surface area contributed by atoms with Gasteiger partial charge in [-0.15, -0.1) is 0 Å². The lowest BCUT2D eigenvalue weighted by Gasteiger charge is -2.38. The van der Waals surface area contributed by atoms with Crippen LogP contribution in [0.15, 0.2) is 0 Å². The van der Waals surface area contributed by atoms with Crippen molar-refractivity contribution >= 4 is 17.7 Å². The van der Waals surface area contributed by atoms with Gasteiger partial charge in [0.25, 0.3) is 0 Å². The predicted molar refractivity (Wildman–Crippen MR) is 121 cm³/mol. The molecule has 0 aromatic rings. The molecule has 3 rings (SSSR count). The minimum absolute atomic E-state index is 0.0466. The first-order valence-electron chi connectivity index (χ1n) is 12.4. The van der Waals surface area contributed by atoms with E-state index in [0.717, 1.165) is 25.7 Å². The van der Waals surface area contributed by atoms with Gasteiger partial charge < -0.3 is 25.4 Å². The number of ether oxygens (including phenoxy) is 1. The minimum atomic E-state index is -1.03. The van der Waals surface area contributed by atoms with Crippen LogP contribution >= 0.6 is 0 Å². The number of nitrogens with zero attached hydrogens (tertiary/aromatic N) is 1. The maximum Gasteiger partial charge on any atom is 0.245 e. The zero-order chi connectivity index (χ0) is 23.7. The van der Waals surface area contributed by atoms with Gasteiger partial charge in [-0.2, -0.15) is 0 Å². The molecule has 32 heavy (non-hydrogen) atoms. The van der Waals surface area contributed by atoms with E-state index in [1.54, 1.807) is 4.90 Å². The molecule has 8 nitrogen and oxygen atoms in total. The Morgan fingerprint density at radius 2 is 1.81 bits per heavy atom. The first-order valence-corrected chi connectivity index (χ1v) is 12.4. The van der Waals surface area contributed by atoms with E-state index < -0.39 is 35.1 Å². The van der Waals surface area contributed by atoms with Gasteiger partial charge in [-0.05, 0) is 38.5 Å². The first-order chi connectivity index (χ1) is 15.2. The molecule has 0 aliphatic carbocycles. The second kappa shape index (κ2) is 9.67. The van der Waals surface area contributed by atoms with Crippen molar-refractivity contribution in [3.8, 4) is 0 Å². The normalized spacial score (nSPS) is 34.2. The van der Waals surface area contributed by atoms with Crippen molar-refractivity contribution in [3.63, 3.8) is 0 Å². The summed E-state index contributed by atoms with van der Waals surface area (Å²) in [6.45, 7) is 10.7. The predicted octanol–water partition coefficient (Wildman–Crippen LogP) is 1.60. The van der Waals surface area contributed by atoms with E-state index in [-0.39, 0.29) is 30.2 Å². The largest absolute Gasteiger partial charge is 0.394 e. The minimum Gasteiger partial charge on any atom is -0.394 e. The molecule has 1 spiro atoms. The summed E-state index contributed by atoms with van der Waals surface area (Å²) >= 11 is 0. The van der Waals surface area contributed by atoms with Crippen molar-refractivity contribution < 1.29 is 24.2 Å². The third-order valence-corrected chi connectivity index (χ3v) is 7.69. The molecular weight excluding hydrogens is 410 g/mol. The summed E-state index contributed by atoms with van der Waals surface area (Å²) in [5.41, 5.74) is -1.80. The van der Waals surface area contributed by atoms with E-state index in [1.807, 2.05) is 27.7 Å². The lowest BCUT2D eigenvalue weighted by atomic mass is 9.66. The summed E-state index contributed by atoms with van der Waals surface area (Å²) < 4.78 is 6.56. The Bertz CT molecular complexity index is 728. The lowest BCUT2D eigenvalue weighted by molar-refractivity contribution is -0.150. The van der Waals surface area contributed by atoms with E-state index in [2.05, 4.69) is 17.6 Å². The summed E-state index contributed by atoms with van der Waals surface area (Å²) in [6.07, 6.45) is 4.91. The number of rotatable bonds is 11. The summed E-state index contributed by atoms with van der Waals surface area (Å²) in [5.74, 6) is -2.06. The third-order valence-electron chi connectivity index (χ3n) is 7.69. The van der Waals surface area contributed by atoms with Gasteiger partial charge >= 0.3 is 0 Å². The molecule has 2 unspecified atom stereocenters. The van der Waals surface area contributed by atoms with Crippen LogP contribution in [-0.4, -0.2) is 70.7 Å². The molecule has 3 aliphatic heterocycles. The summed E-state index contributed by atoms with van der Waals surface area (Å²) in [6, 6.07) is -1.35. The molecule has 3 N–H and O–H groups in total. The topological polar surface area (TPSA) is 108 Å². The number of amides is 3. The number of aliphatic hydroxyl groups is 1. The quantitative estimate of drug-likeness (QED) is 0.414. The maximum absolute atomic E-state index is 13.9. The van der Waals surface area contributed by atoms with Crippen LogP contribution < -0.4 is 10.6 Å². The van der Waals surface area contributed by atoms with Gasteiger partial charge in [-0.1, -0.05) is 40.5 Å². The molecule has 182 valence electrons. The van der Waals surface area contributed by atoms with Crippen LogP contribution in [0.5, 0.6) is 0 Å². The molecule has 6 atom stereocenters. The van der Waals surface area contributed by atoms with Crippen molar-refractivity contribution in [2.24, 2.45) is 17.8 Å². The molecule has 3 aliphatic rings. The van der Waals surface area contributed by atoms with E-state index in [4.69, 9.17) is 4.74 Å². The molecule has 2 bridgehead atoms. The van der Waals surface area contributed by atoms with Gasteiger partial charge in [0.05, 0.1) is 30.1 Å². The highest BCUT2D eigenvalue weighted by molar-refractivity contribution is 5.99. The Balaban J connectivity index is 1.99. The van der Waals surface area contributed by atoms with E-state index in [1.165, 1.54) is 0 Å². The second-order valence-corrected chi connectivity index (χ2v) is 10.3. The Kier molecular flexibility index (Phi) is 7.55. The highest BCUT2D eigenvalue weighted by Crippen LogP contribution is 2.63. The van der Waals surface area contributed by atoms with Crippen LogP contribution in [0.25, 0.3) is 0 Å². The maximum atomic E-state index is 13.9. The molecule has 0 aromatic carbocycles. The SMILES string of the molecule is CCCCCNC(=O)C1N([C@@H](CO)C(C)C)C(=O)[C@@H]2[C@H](C(=O)NCCC)[C@]3(C)CCC12O3. The second-order valence-electron chi connectivity index (χ2n) is 10.3. The summed E-state index contributed by atoms with van der Waals surface area (Å²) in [7, 11) is 0. The highest BCUT2D eigenvalue weighted by Gasteiger charge is 2.78. The number of fused-ring (bicyclic) bond motifs is 1. The molecule has 3 heterocycles. The summed E-state index contributed by atoms with van der Waals surface area (Å²) in [4.78, 5) is 42.1. The van der Waals surface area contributed by atoms with E-state index in [9.17, 15) is 19.5 Å². The van der Waals surface area contributed by atoms with Crippen LogP contribution in [0.1, 0.15) is 73.1 Å². The zero-order valence-corrected chi connectivity index (χ0v) is 20.3. The van der Waals surface area contributed by atoms with Crippen molar-refractivity contribution in [3.05, 3.63) is 0 Å². The third kappa shape index (κ3) is 3.94. The molecule has 3 amide bonds. The van der Waals surface area contributed by atoms with E-state index in [0.29, 0.717) is 25.9 Å². The van der Waals surface area contributed by atoms with Crippen molar-refractivity contribution in [2.75, 3.05) is 19.7 Å². The number of carbonyl (C=O) groups excluding carboxylic acids is 3. The van der Waals surface area contributed by atoms with Gasteiger partial charge in [0.15, 0.2) is 0 Å². The van der Waals surface area contributed by atoms with Gasteiger partial charge in [0.2, 0.25) is 17.7 Å². The van der Waals surface area contributed by atoms with Crippen LogP contribution in [0, 0.1) is 17.8 Å². The molecule has 8 heteroatoms. The van der Waals surface area contributed by atoms with Crippen molar-refractivity contribution in [2.45, 2.75) is 96.4 Å². The standard InChI is InChI=1S/C24H41N3O5/c1-6-8-9-13-26-21(30)19-24-11-10-23(5,32-24)17(20(29)25-12-7-2)18(24)22(31)27(19)16(14-28)15(3)4/h15-19,28H,6-14H2,1-5H3,(H,25,29)(H,26,30)/t16-,17+,18-,19?,23-,24?/m0/s1. The number of carbonyl (C=O) groups is 3. The van der Waals surface area contributed by atoms with Crippen molar-refractivity contribution in [1.29, 1.82) is 0 Å². The number of aliphatic hydroxyl groups excluding tert-OH is 1. The first kappa shape index (κ1) is 25.0. The number of hydrogen-bond acceptors (Lipinski definition) is 5. The van der Waals surface area contributed by atoms with Crippen LogP contribution in [0.4, 0.5) is 0 Å². The molecule has 0 radical (unpaired) electrons. The van der Waals surface area contributed by atoms with Gasteiger partial charge in [0.1, 0.15) is 11.6 Å². The Labute approximate surface area is 191 Å². The molecule has 3 fully saturated rings. The smallest absolute Gasteiger partial charge is 0.245 e. The molecule has 3 saturated heterocycles. The fourth-order valence-electron chi connectivity index (χ4n) is 6.08. The van der Waals surface area contributed by atoms with Crippen LogP contribution in [-0.2, 0) is 19.1 Å². The average Bonchev–Trinajstić information content (AvgIpc) is 3.31. The van der Waals surface area contributed by atoms with Gasteiger partial charge in [-0.3, -0.25) is 14.4 Å². The number of nitrogens with one attached hydrogen (secondary N) is 2. The monoisotopic (exact) mass is 451 g/mol. The highest BCUT2D eigenvalue weighted by atomic mass is 16.5. The summed E-state index contributed by atoms with van der Waals surface area (Å²) in [5, 5.41) is 16.1. The molecular formula is C24H41N3O5. The number of likely N-dealkylation sites (tertiary alicyclic amines) is 1. The van der Waals surface area contributed by atoms with E-state index >= 15 is 0 Å². The molecule has 0 aromatic heterocycles. The Morgan fingerprint density at radius 3 is 2.41 bits per heavy atom. The fraction of sp³-hybridized carbons (Fsp3) is 0.875. The fourth-order valence-corrected chi connectivity index (χ4v) is 6.08.